The Labute approximate surface area is 155 Å². The summed E-state index contributed by atoms with van der Waals surface area (Å²) in [4.78, 5) is 35.1. The van der Waals surface area contributed by atoms with Gasteiger partial charge in [-0.15, -0.1) is 0 Å². The molecule has 9 nitrogen and oxygen atoms in total. The number of nitro groups is 1. The second kappa shape index (κ2) is 7.65. The Balaban J connectivity index is 1.93. The number of allylic oxidation sites excluding steroid dienone is 1. The summed E-state index contributed by atoms with van der Waals surface area (Å²) in [5, 5.41) is 25.9. The molecule has 2 amide bonds. The topological polar surface area (TPSA) is 131 Å². The number of aromatic hydroxyl groups is 1. The number of ether oxygens (including phenoxy) is 1. The van der Waals surface area contributed by atoms with Crippen LogP contribution in [0.25, 0.3) is 0 Å². The van der Waals surface area contributed by atoms with Crippen LogP contribution in [-0.4, -0.2) is 28.1 Å². The predicted molar refractivity (Wildman–Crippen MR) is 94.8 cm³/mol. The summed E-state index contributed by atoms with van der Waals surface area (Å²) < 4.78 is 5.62. The molecule has 0 radical (unpaired) electrons. The lowest BCUT2D eigenvalue weighted by Gasteiger charge is -2.30. The first kappa shape index (κ1) is 18.7. The second-order valence-corrected chi connectivity index (χ2v) is 6.74. The van der Waals surface area contributed by atoms with Crippen LogP contribution >= 0.6 is 0 Å². The highest BCUT2D eigenvalue weighted by Crippen LogP contribution is 2.34. The van der Waals surface area contributed by atoms with E-state index in [1.54, 1.807) is 6.92 Å². The number of benzene rings is 1. The predicted octanol–water partition coefficient (Wildman–Crippen LogP) is 2.80. The molecule has 1 heterocycles. The lowest BCUT2D eigenvalue weighted by molar-refractivity contribution is -0.385. The Kier molecular flexibility index (Phi) is 5.29. The van der Waals surface area contributed by atoms with Gasteiger partial charge in [-0.2, -0.15) is 0 Å². The molecule has 3 N–H and O–H groups in total. The van der Waals surface area contributed by atoms with Crippen molar-refractivity contribution in [2.45, 2.75) is 51.2 Å². The summed E-state index contributed by atoms with van der Waals surface area (Å²) in [6.07, 6.45) is 4.55. The molecule has 1 aliphatic carbocycles. The minimum Gasteiger partial charge on any atom is -0.502 e. The Morgan fingerprint density at radius 3 is 2.67 bits per heavy atom. The Bertz CT molecular complexity index is 813. The molecular weight excluding hydrogens is 354 g/mol. The van der Waals surface area contributed by atoms with Crippen molar-refractivity contribution in [2.24, 2.45) is 0 Å². The maximum absolute atomic E-state index is 12.8. The van der Waals surface area contributed by atoms with Gasteiger partial charge in [-0.3, -0.25) is 10.1 Å². The largest absolute Gasteiger partial charge is 0.502 e. The van der Waals surface area contributed by atoms with Gasteiger partial charge in [0.15, 0.2) is 5.75 Å². The first-order chi connectivity index (χ1) is 12.9. The van der Waals surface area contributed by atoms with Gasteiger partial charge in [-0.25, -0.2) is 9.59 Å². The van der Waals surface area contributed by atoms with Crippen molar-refractivity contribution in [1.82, 2.24) is 10.6 Å². The van der Waals surface area contributed by atoms with Crippen LogP contribution in [0.1, 0.15) is 50.6 Å². The van der Waals surface area contributed by atoms with Gasteiger partial charge in [0.1, 0.15) is 6.10 Å². The zero-order valence-corrected chi connectivity index (χ0v) is 14.9. The molecule has 1 aromatic rings. The monoisotopic (exact) mass is 375 g/mol. The van der Waals surface area contributed by atoms with Crippen molar-refractivity contribution in [3.63, 3.8) is 0 Å². The van der Waals surface area contributed by atoms with Crippen LogP contribution in [0.3, 0.4) is 0 Å². The highest BCUT2D eigenvalue weighted by atomic mass is 16.6. The van der Waals surface area contributed by atoms with Crippen LogP contribution < -0.4 is 10.6 Å². The molecule has 144 valence electrons. The molecule has 1 aliphatic heterocycles. The smallest absolute Gasteiger partial charge is 0.338 e. The number of nitrogens with zero attached hydrogens (tertiary/aromatic N) is 1. The summed E-state index contributed by atoms with van der Waals surface area (Å²) >= 11 is 0. The number of urea groups is 1. The Hall–Kier alpha value is -3.10. The van der Waals surface area contributed by atoms with Gasteiger partial charge in [0.25, 0.3) is 0 Å². The first-order valence-corrected chi connectivity index (χ1v) is 8.83. The quantitative estimate of drug-likeness (QED) is 0.421. The molecule has 1 saturated carbocycles. The molecular formula is C18H21N3O6. The molecule has 1 atom stereocenters. The molecule has 0 spiro atoms. The number of nitrogens with one attached hydrogen (secondary N) is 2. The van der Waals surface area contributed by atoms with Crippen LogP contribution in [-0.2, 0) is 9.53 Å². The zero-order valence-electron chi connectivity index (χ0n) is 14.9. The third-order valence-electron chi connectivity index (χ3n) is 4.84. The van der Waals surface area contributed by atoms with E-state index in [0.717, 1.165) is 38.2 Å². The normalized spacial score (nSPS) is 20.6. The lowest BCUT2D eigenvalue weighted by Crippen LogP contribution is -2.45. The number of carbonyl (C=O) groups excluding carboxylic acids is 2. The van der Waals surface area contributed by atoms with Crippen LogP contribution in [0.2, 0.25) is 0 Å². The highest BCUT2D eigenvalue weighted by Gasteiger charge is 2.34. The van der Waals surface area contributed by atoms with E-state index in [-0.39, 0.29) is 11.7 Å². The van der Waals surface area contributed by atoms with Crippen LogP contribution in [0.15, 0.2) is 29.5 Å². The van der Waals surface area contributed by atoms with Crippen LogP contribution in [0.4, 0.5) is 10.5 Å². The molecule has 1 fully saturated rings. The van der Waals surface area contributed by atoms with E-state index in [9.17, 15) is 24.8 Å². The van der Waals surface area contributed by atoms with Gasteiger partial charge in [0, 0.05) is 11.8 Å². The zero-order chi connectivity index (χ0) is 19.6. The van der Waals surface area contributed by atoms with Crippen molar-refractivity contribution in [2.75, 3.05) is 0 Å². The summed E-state index contributed by atoms with van der Waals surface area (Å²) in [5.74, 6) is -1.05. The van der Waals surface area contributed by atoms with E-state index in [1.807, 2.05) is 0 Å². The molecule has 0 bridgehead atoms. The second-order valence-electron chi connectivity index (χ2n) is 6.74. The fourth-order valence-corrected chi connectivity index (χ4v) is 3.48. The number of hydrogen-bond donors (Lipinski definition) is 3. The van der Waals surface area contributed by atoms with E-state index in [1.165, 1.54) is 12.1 Å². The molecule has 9 heteroatoms. The van der Waals surface area contributed by atoms with Gasteiger partial charge < -0.3 is 20.5 Å². The number of hydrogen-bond acceptors (Lipinski definition) is 6. The summed E-state index contributed by atoms with van der Waals surface area (Å²) in [6, 6.07) is 2.31. The fourth-order valence-electron chi connectivity index (χ4n) is 3.48. The number of amides is 2. The molecule has 0 aromatic heterocycles. The number of esters is 1. The minimum atomic E-state index is -0.908. The van der Waals surface area contributed by atoms with Gasteiger partial charge in [-0.1, -0.05) is 12.5 Å². The average Bonchev–Trinajstić information content (AvgIpc) is 2.62. The SMILES string of the molecule is CC1=C(C(=O)OC2CCCCC2)C(c2ccc(O)c([N+](=O)[O-])c2)NC(=O)N1. The summed E-state index contributed by atoms with van der Waals surface area (Å²) in [6.45, 7) is 1.58. The van der Waals surface area contributed by atoms with Gasteiger partial charge in [0.05, 0.1) is 16.5 Å². The Morgan fingerprint density at radius 1 is 1.30 bits per heavy atom. The first-order valence-electron chi connectivity index (χ1n) is 8.83. The van der Waals surface area contributed by atoms with Crippen molar-refractivity contribution in [3.8, 4) is 5.75 Å². The number of nitro benzene ring substituents is 1. The number of phenolic OH excluding ortho intramolecular Hbond substituents is 1. The van der Waals surface area contributed by atoms with Gasteiger partial charge in [0.2, 0.25) is 0 Å². The average molecular weight is 375 g/mol. The molecule has 1 unspecified atom stereocenters. The third-order valence-corrected chi connectivity index (χ3v) is 4.84. The maximum Gasteiger partial charge on any atom is 0.338 e. The van der Waals surface area contributed by atoms with E-state index in [4.69, 9.17) is 4.74 Å². The van der Waals surface area contributed by atoms with Crippen LogP contribution in [0.5, 0.6) is 5.75 Å². The molecule has 1 aromatic carbocycles. The van der Waals surface area contributed by atoms with E-state index < -0.39 is 34.4 Å². The summed E-state index contributed by atoms with van der Waals surface area (Å²) in [7, 11) is 0. The standard InChI is InChI=1S/C18H21N3O6/c1-10-15(17(23)27-12-5-3-2-4-6-12)16(20-18(24)19-10)11-7-8-14(22)13(9-11)21(25)26/h7-9,12,16,22H,2-6H2,1H3,(H2,19,20,24). The molecule has 27 heavy (non-hydrogen) atoms. The number of phenols is 1. The lowest BCUT2D eigenvalue weighted by atomic mass is 9.94. The van der Waals surface area contributed by atoms with Crippen molar-refractivity contribution < 1.29 is 24.4 Å². The van der Waals surface area contributed by atoms with Gasteiger partial charge >= 0.3 is 17.7 Å². The summed E-state index contributed by atoms with van der Waals surface area (Å²) in [5.41, 5.74) is 0.336. The minimum absolute atomic E-state index is 0.168. The van der Waals surface area contributed by atoms with Gasteiger partial charge in [-0.05, 0) is 44.2 Å². The highest BCUT2D eigenvalue weighted by molar-refractivity contribution is 5.95. The molecule has 3 rings (SSSR count). The fraction of sp³-hybridized carbons (Fsp3) is 0.444. The molecule has 2 aliphatic rings. The maximum atomic E-state index is 12.8. The number of rotatable bonds is 4. The third kappa shape index (κ3) is 4.02. The van der Waals surface area contributed by atoms with E-state index in [2.05, 4.69) is 10.6 Å². The molecule has 0 saturated heterocycles. The van der Waals surface area contributed by atoms with E-state index in [0.29, 0.717) is 11.3 Å². The van der Waals surface area contributed by atoms with Crippen LogP contribution in [0, 0.1) is 10.1 Å². The van der Waals surface area contributed by atoms with Crippen molar-refractivity contribution in [3.05, 3.63) is 45.1 Å². The van der Waals surface area contributed by atoms with Crippen molar-refractivity contribution in [1.29, 1.82) is 0 Å². The Morgan fingerprint density at radius 2 is 2.00 bits per heavy atom. The van der Waals surface area contributed by atoms with Crippen molar-refractivity contribution >= 4 is 17.7 Å². The van der Waals surface area contributed by atoms with E-state index >= 15 is 0 Å². The number of carbonyl (C=O) groups is 2.